The van der Waals surface area contributed by atoms with Crippen LogP contribution in [0.2, 0.25) is 0 Å². The minimum absolute atomic E-state index is 0.289. The molecule has 1 N–H and O–H groups in total. The average molecular weight is 203 g/mol. The average Bonchev–Trinajstić information content (AvgIpc) is 1.94. The van der Waals surface area contributed by atoms with Gasteiger partial charge in [-0.05, 0) is 28.1 Å². The van der Waals surface area contributed by atoms with Gasteiger partial charge in [-0.15, -0.1) is 0 Å². The number of halogens is 1. The SMILES string of the molecule is OCOc1ccccc1Br. The standard InChI is InChI=1S/C7H7BrO2/c8-6-3-1-2-4-7(6)10-5-9/h1-4,9H,5H2. The highest BCUT2D eigenvalue weighted by atomic mass is 79.9. The third-order valence-corrected chi connectivity index (χ3v) is 1.71. The molecule has 0 saturated carbocycles. The number of ether oxygens (including phenoxy) is 1. The maximum Gasteiger partial charge on any atom is 0.186 e. The summed E-state index contributed by atoms with van der Waals surface area (Å²) in [5.41, 5.74) is 0. The first kappa shape index (κ1) is 7.57. The molecule has 0 aliphatic heterocycles. The first-order valence-electron chi connectivity index (χ1n) is 2.83. The Balaban J connectivity index is 2.81. The van der Waals surface area contributed by atoms with Crippen molar-refractivity contribution in [3.05, 3.63) is 28.7 Å². The van der Waals surface area contributed by atoms with Crippen LogP contribution in [0.25, 0.3) is 0 Å². The molecule has 0 bridgehead atoms. The van der Waals surface area contributed by atoms with Crippen molar-refractivity contribution in [2.24, 2.45) is 0 Å². The summed E-state index contributed by atoms with van der Waals surface area (Å²) in [4.78, 5) is 0. The molecule has 0 fully saturated rings. The number of aliphatic hydroxyl groups is 1. The van der Waals surface area contributed by atoms with Crippen LogP contribution in [0.3, 0.4) is 0 Å². The van der Waals surface area contributed by atoms with Gasteiger partial charge in [-0.25, -0.2) is 0 Å². The molecule has 0 heterocycles. The normalized spacial score (nSPS) is 9.40. The summed E-state index contributed by atoms with van der Waals surface area (Å²) in [6.45, 7) is -0.289. The second kappa shape index (κ2) is 3.58. The zero-order chi connectivity index (χ0) is 7.40. The number of benzene rings is 1. The van der Waals surface area contributed by atoms with Crippen LogP contribution in [0.1, 0.15) is 0 Å². The Bertz CT molecular complexity index is 213. The summed E-state index contributed by atoms with van der Waals surface area (Å²) >= 11 is 3.26. The number of para-hydroxylation sites is 1. The van der Waals surface area contributed by atoms with Gasteiger partial charge in [0.2, 0.25) is 0 Å². The van der Waals surface area contributed by atoms with Crippen LogP contribution in [0, 0.1) is 0 Å². The highest BCUT2D eigenvalue weighted by molar-refractivity contribution is 9.10. The van der Waals surface area contributed by atoms with E-state index in [1.54, 1.807) is 6.07 Å². The van der Waals surface area contributed by atoms with E-state index in [2.05, 4.69) is 15.9 Å². The molecule has 0 saturated heterocycles. The van der Waals surface area contributed by atoms with E-state index in [0.717, 1.165) is 4.47 Å². The van der Waals surface area contributed by atoms with E-state index >= 15 is 0 Å². The van der Waals surface area contributed by atoms with Crippen molar-refractivity contribution < 1.29 is 9.84 Å². The van der Waals surface area contributed by atoms with Crippen LogP contribution in [0.5, 0.6) is 5.75 Å². The van der Waals surface area contributed by atoms with Gasteiger partial charge in [0, 0.05) is 0 Å². The van der Waals surface area contributed by atoms with E-state index in [9.17, 15) is 0 Å². The fourth-order valence-electron chi connectivity index (χ4n) is 0.631. The smallest absolute Gasteiger partial charge is 0.186 e. The molecule has 2 nitrogen and oxygen atoms in total. The monoisotopic (exact) mass is 202 g/mol. The predicted molar refractivity (Wildman–Crippen MR) is 41.9 cm³/mol. The Labute approximate surface area is 67.6 Å². The molecule has 0 spiro atoms. The van der Waals surface area contributed by atoms with Crippen LogP contribution < -0.4 is 4.74 Å². The first-order valence-corrected chi connectivity index (χ1v) is 3.62. The molecule has 0 aliphatic carbocycles. The third kappa shape index (κ3) is 1.72. The van der Waals surface area contributed by atoms with Gasteiger partial charge in [0.15, 0.2) is 6.79 Å². The highest BCUT2D eigenvalue weighted by Gasteiger charge is 1.95. The maximum atomic E-state index is 8.40. The van der Waals surface area contributed by atoms with Crippen molar-refractivity contribution in [1.82, 2.24) is 0 Å². The Kier molecular flexibility index (Phi) is 2.71. The summed E-state index contributed by atoms with van der Waals surface area (Å²) in [6, 6.07) is 7.36. The van der Waals surface area contributed by atoms with Gasteiger partial charge in [0.05, 0.1) is 4.47 Å². The minimum Gasteiger partial charge on any atom is -0.467 e. The predicted octanol–water partition coefficient (Wildman–Crippen LogP) is 1.78. The summed E-state index contributed by atoms with van der Waals surface area (Å²) in [5.74, 6) is 0.657. The fourth-order valence-corrected chi connectivity index (χ4v) is 1.03. The van der Waals surface area contributed by atoms with E-state index in [0.29, 0.717) is 5.75 Å². The molecule has 1 aromatic carbocycles. The second-order valence-corrected chi connectivity index (χ2v) is 2.56. The number of rotatable bonds is 2. The molecule has 0 radical (unpaired) electrons. The molecule has 0 aromatic heterocycles. The van der Waals surface area contributed by atoms with Crippen LogP contribution in [-0.4, -0.2) is 11.9 Å². The lowest BCUT2D eigenvalue weighted by Gasteiger charge is -2.02. The van der Waals surface area contributed by atoms with Crippen molar-refractivity contribution in [2.75, 3.05) is 6.79 Å². The van der Waals surface area contributed by atoms with Gasteiger partial charge in [-0.3, -0.25) is 0 Å². The topological polar surface area (TPSA) is 29.5 Å². The molecule has 10 heavy (non-hydrogen) atoms. The lowest BCUT2D eigenvalue weighted by Crippen LogP contribution is -1.94. The molecule has 0 aliphatic rings. The van der Waals surface area contributed by atoms with Gasteiger partial charge in [-0.1, -0.05) is 12.1 Å². The molecule has 1 rings (SSSR count). The summed E-state index contributed by atoms with van der Waals surface area (Å²) in [6.07, 6.45) is 0. The van der Waals surface area contributed by atoms with E-state index in [-0.39, 0.29) is 6.79 Å². The van der Waals surface area contributed by atoms with Gasteiger partial charge < -0.3 is 9.84 Å². The summed E-state index contributed by atoms with van der Waals surface area (Å²) in [7, 11) is 0. The number of hydrogen-bond donors (Lipinski definition) is 1. The summed E-state index contributed by atoms with van der Waals surface area (Å²) in [5, 5.41) is 8.40. The molecular formula is C7H7BrO2. The lowest BCUT2D eigenvalue weighted by atomic mass is 10.3. The van der Waals surface area contributed by atoms with Gasteiger partial charge in [-0.2, -0.15) is 0 Å². The Hall–Kier alpha value is -0.540. The van der Waals surface area contributed by atoms with Crippen molar-refractivity contribution in [2.45, 2.75) is 0 Å². The molecule has 3 heteroatoms. The van der Waals surface area contributed by atoms with E-state index in [1.165, 1.54) is 0 Å². The van der Waals surface area contributed by atoms with Crippen molar-refractivity contribution in [1.29, 1.82) is 0 Å². The Morgan fingerprint density at radius 1 is 1.40 bits per heavy atom. The molecular weight excluding hydrogens is 196 g/mol. The van der Waals surface area contributed by atoms with Gasteiger partial charge >= 0.3 is 0 Å². The first-order chi connectivity index (χ1) is 4.84. The van der Waals surface area contributed by atoms with Gasteiger partial charge in [0.25, 0.3) is 0 Å². The van der Waals surface area contributed by atoms with Crippen LogP contribution in [0.4, 0.5) is 0 Å². The van der Waals surface area contributed by atoms with Crippen LogP contribution in [-0.2, 0) is 0 Å². The maximum absolute atomic E-state index is 8.40. The zero-order valence-electron chi connectivity index (χ0n) is 5.25. The Morgan fingerprint density at radius 3 is 2.70 bits per heavy atom. The number of aliphatic hydroxyl groups excluding tert-OH is 1. The Morgan fingerprint density at radius 2 is 2.10 bits per heavy atom. The molecule has 0 amide bonds. The van der Waals surface area contributed by atoms with Crippen LogP contribution >= 0.6 is 15.9 Å². The zero-order valence-corrected chi connectivity index (χ0v) is 6.84. The third-order valence-electron chi connectivity index (χ3n) is 1.06. The molecule has 1 aromatic rings. The molecule has 0 atom stereocenters. The van der Waals surface area contributed by atoms with Gasteiger partial charge in [0.1, 0.15) is 5.75 Å². The van der Waals surface area contributed by atoms with E-state index in [4.69, 9.17) is 9.84 Å². The van der Waals surface area contributed by atoms with Crippen molar-refractivity contribution >= 4 is 15.9 Å². The molecule has 54 valence electrons. The minimum atomic E-state index is -0.289. The van der Waals surface area contributed by atoms with Crippen molar-refractivity contribution in [3.8, 4) is 5.75 Å². The number of hydrogen-bond acceptors (Lipinski definition) is 2. The second-order valence-electron chi connectivity index (χ2n) is 1.70. The van der Waals surface area contributed by atoms with E-state index in [1.807, 2.05) is 18.2 Å². The van der Waals surface area contributed by atoms with Crippen LogP contribution in [0.15, 0.2) is 28.7 Å². The molecule has 0 unspecified atom stereocenters. The van der Waals surface area contributed by atoms with Crippen molar-refractivity contribution in [3.63, 3.8) is 0 Å². The lowest BCUT2D eigenvalue weighted by molar-refractivity contribution is 0.0978. The quantitative estimate of drug-likeness (QED) is 0.742. The van der Waals surface area contributed by atoms with E-state index < -0.39 is 0 Å². The summed E-state index contributed by atoms with van der Waals surface area (Å²) < 4.78 is 5.70. The fraction of sp³-hybridized carbons (Fsp3) is 0.143. The largest absolute Gasteiger partial charge is 0.467 e. The highest BCUT2D eigenvalue weighted by Crippen LogP contribution is 2.23.